The predicted octanol–water partition coefficient (Wildman–Crippen LogP) is 9.15. The van der Waals surface area contributed by atoms with E-state index in [1.165, 1.54) is 0 Å². The van der Waals surface area contributed by atoms with E-state index in [-0.39, 0.29) is 24.9 Å². The molecule has 0 saturated carbocycles. The Kier molecular flexibility index (Phi) is 17.2. The minimum absolute atomic E-state index is 0.244. The van der Waals surface area contributed by atoms with Crippen LogP contribution in [-0.2, 0) is 48.5 Å². The van der Waals surface area contributed by atoms with Crippen LogP contribution in [0.2, 0.25) is 0 Å². The summed E-state index contributed by atoms with van der Waals surface area (Å²) in [6.07, 6.45) is 6.57. The molecule has 0 aliphatic rings. The molecule has 5 aromatic heterocycles. The monoisotopic (exact) mass is 985 g/mol. The van der Waals surface area contributed by atoms with Crippen molar-refractivity contribution >= 4 is 40.8 Å². The number of hydrogen-bond acceptors (Lipinski definition) is 12. The summed E-state index contributed by atoms with van der Waals surface area (Å²) in [6.45, 7) is 19.7. The molecule has 2 aromatic carbocycles. The van der Waals surface area contributed by atoms with Crippen molar-refractivity contribution in [2.75, 3.05) is 24.9 Å². The molecule has 18 heteroatoms. The summed E-state index contributed by atoms with van der Waals surface area (Å²) in [5, 5.41) is 12.5. The number of amides is 2. The van der Waals surface area contributed by atoms with Gasteiger partial charge in [0.2, 0.25) is 0 Å². The number of carbonyl (C=O) groups is 4. The van der Waals surface area contributed by atoms with Gasteiger partial charge in [0.15, 0.2) is 0 Å². The Morgan fingerprint density at radius 1 is 0.639 bits per heavy atom. The van der Waals surface area contributed by atoms with Crippen LogP contribution in [-0.4, -0.2) is 78.5 Å². The van der Waals surface area contributed by atoms with Gasteiger partial charge in [-0.25, -0.2) is 19.6 Å². The number of hydrogen-bond donors (Lipinski definition) is 7. The van der Waals surface area contributed by atoms with Crippen LogP contribution in [0.3, 0.4) is 0 Å². The van der Waals surface area contributed by atoms with Crippen LogP contribution in [0.4, 0.5) is 11.4 Å². The highest BCUT2D eigenvalue weighted by Gasteiger charge is 2.30. The Morgan fingerprint density at radius 2 is 1.11 bits per heavy atom. The van der Waals surface area contributed by atoms with Gasteiger partial charge >= 0.3 is 11.9 Å². The molecule has 0 atom stereocenters. The number of rotatable bonds is 18. The minimum Gasteiger partial charge on any atom is -0.497 e. The molecule has 18 nitrogen and oxygen atoms in total. The van der Waals surface area contributed by atoms with Gasteiger partial charge in [0.05, 0.1) is 62.9 Å². The second kappa shape index (κ2) is 23.3. The lowest BCUT2D eigenvalue weighted by atomic mass is 10.0. The van der Waals surface area contributed by atoms with E-state index in [9.17, 15) is 19.2 Å². The molecule has 7 rings (SSSR count). The number of aromatic nitrogens is 6. The molecule has 7 N–H and O–H groups in total. The second-order valence-electron chi connectivity index (χ2n) is 19.0. The number of carbonyl (C=O) groups excluding carboxylic acids is 4. The molecule has 0 aliphatic carbocycles. The molecule has 0 radical (unpaired) electrons. The molecule has 7 aromatic rings. The van der Waals surface area contributed by atoms with Crippen LogP contribution >= 0.6 is 0 Å². The van der Waals surface area contributed by atoms with E-state index in [1.54, 1.807) is 20.4 Å². The number of ether oxygens (including phenoxy) is 4. The Hall–Kier alpha value is -8.02. The summed E-state index contributed by atoms with van der Waals surface area (Å²) in [4.78, 5) is 71.1. The highest BCUT2D eigenvalue weighted by Crippen LogP contribution is 2.27. The first-order chi connectivity index (χ1) is 34.2. The standard InChI is InChI=1S/C29H35N5O4.C25H33N5O4/c1-7-22-24(27(35)31-15-20-17-34-14-8-9-18(2)26(34)32-20)23(33-25(22)28(36)38-29(3,4)5)16-30-19-10-12-21(37-6)13-11-19;1-7-18-21(23(31)28-14-20-27-12-15(2)29-20)19(30-22(18)24(32)34-25(3,4)5)13-26-16-8-10-17(33-6)11-9-16/h8-14,17,30,33H,7,15-16H2,1-6H3,(H,31,35);8-12,26,30H,7,13-14H2,1-6H3,(H,27,29)(H,28,31). The van der Waals surface area contributed by atoms with Crippen molar-refractivity contribution in [1.82, 2.24) is 40.0 Å². The topological polar surface area (TPSA) is 231 Å². The number of methoxy groups -OCH3 is 2. The number of esters is 2. The van der Waals surface area contributed by atoms with Gasteiger partial charge in [-0.3, -0.25) is 9.59 Å². The highest BCUT2D eigenvalue weighted by atomic mass is 16.6. The van der Waals surface area contributed by atoms with Gasteiger partial charge in [-0.2, -0.15) is 0 Å². The van der Waals surface area contributed by atoms with Crippen LogP contribution in [0.5, 0.6) is 11.5 Å². The molecule has 5 heterocycles. The van der Waals surface area contributed by atoms with Gasteiger partial charge < -0.3 is 59.6 Å². The first kappa shape index (κ1) is 53.3. The molecule has 0 unspecified atom stereocenters. The fourth-order valence-electron chi connectivity index (χ4n) is 7.87. The molecular weight excluding hydrogens is 917 g/mol. The van der Waals surface area contributed by atoms with E-state index in [0.717, 1.165) is 45.5 Å². The SMILES string of the molecule is CCc1c(C(=O)OC(C)(C)C)[nH]c(CNc2ccc(OC)cc2)c1C(=O)NCc1cn2cccc(C)c2n1.CCc1c(C(=O)OC(C)(C)C)[nH]c(CNc2ccc(OC)cc2)c1C(=O)NCc1nc(C)c[nH]1. The van der Waals surface area contributed by atoms with Crippen molar-refractivity contribution < 1.29 is 38.1 Å². The predicted molar refractivity (Wildman–Crippen MR) is 277 cm³/mol. The molecule has 2 amide bonds. The minimum atomic E-state index is -0.668. The van der Waals surface area contributed by atoms with Gasteiger partial charge in [-0.05, 0) is 140 Å². The van der Waals surface area contributed by atoms with E-state index < -0.39 is 23.1 Å². The number of aromatic amines is 3. The zero-order valence-electron chi connectivity index (χ0n) is 43.4. The third-order valence-corrected chi connectivity index (χ3v) is 11.2. The number of aryl methyl sites for hydroxylation is 2. The van der Waals surface area contributed by atoms with E-state index in [4.69, 9.17) is 18.9 Å². The summed E-state index contributed by atoms with van der Waals surface area (Å²) in [6, 6.07) is 18.9. The molecule has 382 valence electrons. The number of pyridine rings is 1. The van der Waals surface area contributed by atoms with E-state index >= 15 is 0 Å². The van der Waals surface area contributed by atoms with Crippen LogP contribution in [0.1, 0.15) is 142 Å². The molecule has 72 heavy (non-hydrogen) atoms. The number of H-pyrrole nitrogens is 3. The Morgan fingerprint density at radius 3 is 1.51 bits per heavy atom. The molecule has 0 fully saturated rings. The summed E-state index contributed by atoms with van der Waals surface area (Å²) < 4.78 is 23.6. The van der Waals surface area contributed by atoms with Crippen LogP contribution < -0.4 is 30.7 Å². The molecular formula is C54H68N10O8. The van der Waals surface area contributed by atoms with Crippen molar-refractivity contribution in [3.63, 3.8) is 0 Å². The first-order valence-electron chi connectivity index (χ1n) is 23.9. The number of nitrogens with one attached hydrogen (secondary N) is 7. The highest BCUT2D eigenvalue weighted by molar-refractivity contribution is 6.02. The summed E-state index contributed by atoms with van der Waals surface area (Å²) in [5.41, 5.74) is 7.77. The molecule has 0 aliphatic heterocycles. The lowest BCUT2D eigenvalue weighted by Crippen LogP contribution is -2.26. The number of anilines is 2. The molecule has 0 saturated heterocycles. The maximum absolute atomic E-state index is 13.6. The lowest BCUT2D eigenvalue weighted by molar-refractivity contribution is 0.00498. The number of nitrogens with zero attached hydrogens (tertiary/aromatic N) is 3. The van der Waals surface area contributed by atoms with Crippen molar-refractivity contribution in [3.05, 3.63) is 147 Å². The Bertz CT molecular complexity index is 2980. The largest absolute Gasteiger partial charge is 0.497 e. The van der Waals surface area contributed by atoms with Crippen molar-refractivity contribution in [1.29, 1.82) is 0 Å². The Labute approximate surface area is 420 Å². The third-order valence-electron chi connectivity index (χ3n) is 11.2. The third kappa shape index (κ3) is 13.9. The summed E-state index contributed by atoms with van der Waals surface area (Å²) in [7, 11) is 3.23. The zero-order chi connectivity index (χ0) is 52.3. The van der Waals surface area contributed by atoms with E-state index in [1.807, 2.05) is 147 Å². The van der Waals surface area contributed by atoms with Gasteiger partial charge in [-0.15, -0.1) is 0 Å². The average molecular weight is 985 g/mol. The van der Waals surface area contributed by atoms with Gasteiger partial charge in [0.1, 0.15) is 45.6 Å². The normalized spacial score (nSPS) is 11.3. The fraction of sp³-hybridized carbons (Fsp3) is 0.370. The van der Waals surface area contributed by atoms with Crippen LogP contribution in [0.15, 0.2) is 79.3 Å². The lowest BCUT2D eigenvalue weighted by Gasteiger charge is -2.19. The maximum atomic E-state index is 13.6. The fourth-order valence-corrected chi connectivity index (χ4v) is 7.87. The zero-order valence-corrected chi connectivity index (χ0v) is 43.4. The number of imidazole rings is 2. The Balaban J connectivity index is 0.000000237. The number of fused-ring (bicyclic) bond motifs is 1. The van der Waals surface area contributed by atoms with Crippen LogP contribution in [0, 0.1) is 13.8 Å². The van der Waals surface area contributed by atoms with E-state index in [0.29, 0.717) is 76.8 Å². The molecule has 0 bridgehead atoms. The second-order valence-corrected chi connectivity index (χ2v) is 19.0. The summed E-state index contributed by atoms with van der Waals surface area (Å²) >= 11 is 0. The summed E-state index contributed by atoms with van der Waals surface area (Å²) in [5.74, 6) is 0.601. The van der Waals surface area contributed by atoms with Crippen molar-refractivity contribution in [2.24, 2.45) is 0 Å². The van der Waals surface area contributed by atoms with Crippen LogP contribution in [0.25, 0.3) is 5.65 Å². The van der Waals surface area contributed by atoms with Gasteiger partial charge in [0.25, 0.3) is 11.8 Å². The van der Waals surface area contributed by atoms with E-state index in [2.05, 4.69) is 46.2 Å². The first-order valence-corrected chi connectivity index (χ1v) is 23.9. The average Bonchev–Trinajstić information content (AvgIpc) is 4.14. The quantitative estimate of drug-likeness (QED) is 0.0399. The van der Waals surface area contributed by atoms with Gasteiger partial charge in [-0.1, -0.05) is 19.9 Å². The maximum Gasteiger partial charge on any atom is 0.355 e. The van der Waals surface area contributed by atoms with Crippen molar-refractivity contribution in [2.45, 2.75) is 119 Å². The smallest absolute Gasteiger partial charge is 0.355 e. The number of benzene rings is 2. The molecule has 0 spiro atoms. The van der Waals surface area contributed by atoms with Gasteiger partial charge in [0, 0.05) is 41.4 Å². The van der Waals surface area contributed by atoms with Crippen molar-refractivity contribution in [3.8, 4) is 11.5 Å².